The van der Waals surface area contributed by atoms with E-state index in [0.717, 1.165) is 34.6 Å². The van der Waals surface area contributed by atoms with Crippen LogP contribution in [0, 0.1) is 17.8 Å². The highest BCUT2D eigenvalue weighted by Crippen LogP contribution is 2.55. The third-order valence-electron chi connectivity index (χ3n) is 6.51. The molecular weight excluding hydrogens is 342 g/mol. The number of hydrogen-bond donors (Lipinski definition) is 2. The minimum atomic E-state index is -0.0131. The highest BCUT2D eigenvalue weighted by Gasteiger charge is 2.51. The molecule has 4 nitrogen and oxygen atoms in total. The van der Waals surface area contributed by atoms with Crippen molar-refractivity contribution in [3.05, 3.63) is 40.7 Å². The Kier molecular flexibility index (Phi) is 4.00. The number of carbonyl (C=O) groups is 1. The number of amides is 2. The zero-order valence-electron chi connectivity index (χ0n) is 14.9. The van der Waals surface area contributed by atoms with E-state index in [1.54, 1.807) is 11.3 Å². The number of aromatic nitrogens is 1. The van der Waals surface area contributed by atoms with Crippen molar-refractivity contribution in [1.82, 2.24) is 15.6 Å². The molecule has 4 aliphatic carbocycles. The summed E-state index contributed by atoms with van der Waals surface area (Å²) in [7, 11) is 0. The van der Waals surface area contributed by atoms with Gasteiger partial charge in [0.25, 0.3) is 0 Å². The molecule has 4 fully saturated rings. The smallest absolute Gasteiger partial charge is 0.315 e. The molecule has 2 aromatic heterocycles. The molecule has 2 N–H and O–H groups in total. The highest BCUT2D eigenvalue weighted by atomic mass is 32.1. The van der Waals surface area contributed by atoms with Gasteiger partial charge < -0.3 is 10.6 Å². The Morgan fingerprint density at radius 2 is 1.88 bits per heavy atom. The molecule has 4 saturated carbocycles. The summed E-state index contributed by atoms with van der Waals surface area (Å²) in [4.78, 5) is 17.0. The van der Waals surface area contributed by atoms with Crippen LogP contribution in [0.2, 0.25) is 0 Å². The molecule has 5 heteroatoms. The molecule has 2 aromatic rings. The first-order valence-electron chi connectivity index (χ1n) is 9.71. The first-order chi connectivity index (χ1) is 12.7. The lowest BCUT2D eigenvalue weighted by atomic mass is 9.53. The maximum Gasteiger partial charge on any atom is 0.315 e. The number of rotatable bonds is 4. The van der Waals surface area contributed by atoms with Crippen LogP contribution in [0.25, 0.3) is 11.3 Å². The van der Waals surface area contributed by atoms with Crippen molar-refractivity contribution >= 4 is 17.4 Å². The molecule has 6 rings (SSSR count). The summed E-state index contributed by atoms with van der Waals surface area (Å²) in [5.41, 5.74) is 3.25. The summed E-state index contributed by atoms with van der Waals surface area (Å²) in [6.45, 7) is 0.540. The first-order valence-corrected chi connectivity index (χ1v) is 10.7. The van der Waals surface area contributed by atoms with Crippen LogP contribution in [0.15, 0.2) is 35.2 Å². The van der Waals surface area contributed by atoms with Crippen molar-refractivity contribution in [2.75, 3.05) is 0 Å². The van der Waals surface area contributed by atoms with Gasteiger partial charge in [-0.3, -0.25) is 4.98 Å². The van der Waals surface area contributed by atoms with Crippen molar-refractivity contribution < 1.29 is 4.79 Å². The number of nitrogens with zero attached hydrogens (tertiary/aromatic N) is 1. The van der Waals surface area contributed by atoms with Crippen molar-refractivity contribution in [3.8, 4) is 11.3 Å². The Labute approximate surface area is 158 Å². The van der Waals surface area contributed by atoms with Crippen molar-refractivity contribution in [3.63, 3.8) is 0 Å². The minimum absolute atomic E-state index is 0.0131. The Morgan fingerprint density at radius 3 is 2.54 bits per heavy atom. The van der Waals surface area contributed by atoms with Gasteiger partial charge in [0, 0.05) is 29.2 Å². The van der Waals surface area contributed by atoms with Crippen molar-refractivity contribution in [2.24, 2.45) is 17.8 Å². The predicted octanol–water partition coefficient (Wildman–Crippen LogP) is 4.58. The topological polar surface area (TPSA) is 54.0 Å². The summed E-state index contributed by atoms with van der Waals surface area (Å²) in [6.07, 6.45) is 9.56. The summed E-state index contributed by atoms with van der Waals surface area (Å²) in [5, 5.41) is 10.6. The SMILES string of the molecule is O=C(NCc1ccnc(-c2ccsc2)c1)NC12CC3CC(CC(C3)C1)C2. The Bertz CT molecular complexity index is 766. The van der Waals surface area contributed by atoms with Gasteiger partial charge in [-0.05, 0) is 85.4 Å². The van der Waals surface area contributed by atoms with E-state index in [-0.39, 0.29) is 11.6 Å². The van der Waals surface area contributed by atoms with Crippen molar-refractivity contribution in [2.45, 2.75) is 50.6 Å². The second-order valence-corrected chi connectivity index (χ2v) is 9.35. The molecule has 0 atom stereocenters. The van der Waals surface area contributed by atoms with E-state index in [2.05, 4.69) is 38.5 Å². The number of thiophene rings is 1. The summed E-state index contributed by atoms with van der Waals surface area (Å²) in [5.74, 6) is 2.53. The summed E-state index contributed by atoms with van der Waals surface area (Å²) < 4.78 is 0. The standard InChI is InChI=1S/C21H25N3OS/c25-20(24-21-9-15-5-16(10-21)7-17(6-15)11-21)23-12-14-1-3-22-19(8-14)18-2-4-26-13-18/h1-4,8,13,15-17H,5-7,9-12H2,(H2,23,24,25). The molecule has 0 unspecified atom stereocenters. The largest absolute Gasteiger partial charge is 0.334 e. The normalized spacial score (nSPS) is 31.8. The second kappa shape index (κ2) is 6.38. The number of pyridine rings is 1. The molecule has 4 bridgehead atoms. The van der Waals surface area contributed by atoms with E-state index in [9.17, 15) is 4.79 Å². The second-order valence-electron chi connectivity index (χ2n) is 8.57. The fraction of sp³-hybridized carbons (Fsp3) is 0.524. The van der Waals surface area contributed by atoms with Crippen LogP contribution in [-0.4, -0.2) is 16.6 Å². The lowest BCUT2D eigenvalue weighted by Gasteiger charge is -2.56. The maximum absolute atomic E-state index is 12.6. The van der Waals surface area contributed by atoms with Crippen molar-refractivity contribution in [1.29, 1.82) is 0 Å². The average molecular weight is 368 g/mol. The molecule has 0 spiro atoms. The van der Waals surface area contributed by atoms with Gasteiger partial charge in [-0.15, -0.1) is 0 Å². The third-order valence-corrected chi connectivity index (χ3v) is 7.19. The van der Waals surface area contributed by atoms with Crippen LogP contribution in [0.5, 0.6) is 0 Å². The summed E-state index contributed by atoms with van der Waals surface area (Å²) in [6, 6.07) is 6.10. The number of carbonyl (C=O) groups excluding carboxylic acids is 1. The Balaban J connectivity index is 1.21. The number of urea groups is 1. The molecule has 0 aliphatic heterocycles. The van der Waals surface area contributed by atoms with Crippen LogP contribution >= 0.6 is 11.3 Å². The van der Waals surface area contributed by atoms with Crippen LogP contribution in [-0.2, 0) is 6.54 Å². The van der Waals surface area contributed by atoms with Crippen LogP contribution in [0.1, 0.15) is 44.1 Å². The van der Waals surface area contributed by atoms with Crippen LogP contribution in [0.3, 0.4) is 0 Å². The van der Waals surface area contributed by atoms with E-state index < -0.39 is 0 Å². The average Bonchev–Trinajstić information content (AvgIpc) is 3.13. The van der Waals surface area contributed by atoms with Gasteiger partial charge in [-0.25, -0.2) is 4.79 Å². The number of hydrogen-bond acceptors (Lipinski definition) is 3. The van der Waals surface area contributed by atoms with Crippen LogP contribution < -0.4 is 10.6 Å². The monoisotopic (exact) mass is 367 g/mol. The molecular formula is C21H25N3OS. The molecule has 0 aromatic carbocycles. The molecule has 0 saturated heterocycles. The Morgan fingerprint density at radius 1 is 1.15 bits per heavy atom. The minimum Gasteiger partial charge on any atom is -0.334 e. The lowest BCUT2D eigenvalue weighted by molar-refractivity contribution is -0.0135. The molecule has 0 radical (unpaired) electrons. The van der Waals surface area contributed by atoms with E-state index in [1.165, 1.54) is 38.5 Å². The zero-order valence-corrected chi connectivity index (χ0v) is 15.7. The zero-order chi connectivity index (χ0) is 17.6. The predicted molar refractivity (Wildman–Crippen MR) is 104 cm³/mol. The molecule has 2 heterocycles. The molecule has 26 heavy (non-hydrogen) atoms. The van der Waals surface area contributed by atoms with Gasteiger partial charge in [0.2, 0.25) is 0 Å². The number of nitrogens with one attached hydrogen (secondary N) is 2. The Hall–Kier alpha value is -1.88. The van der Waals surface area contributed by atoms with Gasteiger partial charge >= 0.3 is 6.03 Å². The third kappa shape index (κ3) is 3.13. The van der Waals surface area contributed by atoms with Crippen LogP contribution in [0.4, 0.5) is 4.79 Å². The van der Waals surface area contributed by atoms with Gasteiger partial charge in [-0.2, -0.15) is 11.3 Å². The quantitative estimate of drug-likeness (QED) is 0.831. The first kappa shape index (κ1) is 16.3. The van der Waals surface area contributed by atoms with Gasteiger partial charge in [0.15, 0.2) is 0 Å². The van der Waals surface area contributed by atoms with E-state index >= 15 is 0 Å². The maximum atomic E-state index is 12.6. The molecule has 2 amide bonds. The fourth-order valence-electron chi connectivity index (χ4n) is 5.88. The van der Waals surface area contributed by atoms with E-state index in [0.29, 0.717) is 6.54 Å². The van der Waals surface area contributed by atoms with E-state index in [4.69, 9.17) is 0 Å². The fourth-order valence-corrected chi connectivity index (χ4v) is 6.53. The summed E-state index contributed by atoms with van der Waals surface area (Å²) >= 11 is 1.67. The van der Waals surface area contributed by atoms with Gasteiger partial charge in [0.05, 0.1) is 5.69 Å². The lowest BCUT2D eigenvalue weighted by Crippen LogP contribution is -2.61. The van der Waals surface area contributed by atoms with Gasteiger partial charge in [0.1, 0.15) is 0 Å². The highest BCUT2D eigenvalue weighted by molar-refractivity contribution is 7.08. The van der Waals surface area contributed by atoms with E-state index in [1.807, 2.05) is 12.3 Å². The van der Waals surface area contributed by atoms with Gasteiger partial charge in [-0.1, -0.05) is 0 Å². The molecule has 4 aliphatic rings. The molecule has 136 valence electrons.